The number of aromatic nitrogens is 3. The summed E-state index contributed by atoms with van der Waals surface area (Å²) >= 11 is 3.41. The Morgan fingerprint density at radius 3 is 2.30 bits per heavy atom. The molecule has 0 aliphatic rings. The smallest absolute Gasteiger partial charge is 0.295 e. The fourth-order valence-corrected chi connectivity index (χ4v) is 3.23. The summed E-state index contributed by atoms with van der Waals surface area (Å²) in [7, 11) is 0. The predicted octanol–water partition coefficient (Wildman–Crippen LogP) is 5.65. The van der Waals surface area contributed by atoms with Crippen LogP contribution in [0.5, 0.6) is 0 Å². The Kier molecular flexibility index (Phi) is 5.72. The van der Waals surface area contributed by atoms with Crippen molar-refractivity contribution in [3.8, 4) is 17.1 Å². The lowest BCUT2D eigenvalue weighted by molar-refractivity contribution is 0.101. The van der Waals surface area contributed by atoms with Crippen LogP contribution in [0.1, 0.15) is 23.1 Å². The lowest BCUT2D eigenvalue weighted by Gasteiger charge is -2.06. The maximum atomic E-state index is 13.4. The van der Waals surface area contributed by atoms with Crippen molar-refractivity contribution in [3.05, 3.63) is 94.5 Å². The number of nitrogens with one attached hydrogen (secondary N) is 1. The third kappa shape index (κ3) is 4.31. The second-order valence-corrected chi connectivity index (χ2v) is 7.57. The first-order valence-electron chi connectivity index (χ1n) is 9.42. The summed E-state index contributed by atoms with van der Waals surface area (Å²) in [4.78, 5) is 17.2. The maximum absolute atomic E-state index is 13.4. The van der Waals surface area contributed by atoms with Crippen LogP contribution in [0.4, 0.5) is 10.1 Å². The van der Waals surface area contributed by atoms with Gasteiger partial charge in [0.05, 0.1) is 5.69 Å². The Balaban J connectivity index is 1.71. The Morgan fingerprint density at radius 2 is 1.67 bits per heavy atom. The van der Waals surface area contributed by atoms with Crippen LogP contribution in [-0.4, -0.2) is 20.7 Å². The van der Waals surface area contributed by atoms with Gasteiger partial charge in [0.15, 0.2) is 5.82 Å². The lowest BCUT2D eigenvalue weighted by atomic mass is 10.1. The number of hydrogen-bond acceptors (Lipinski definition) is 3. The monoisotopic (exact) mass is 464 g/mol. The van der Waals surface area contributed by atoms with Gasteiger partial charge in [-0.1, -0.05) is 35.0 Å². The van der Waals surface area contributed by atoms with Crippen molar-refractivity contribution >= 4 is 27.5 Å². The van der Waals surface area contributed by atoms with E-state index in [0.717, 1.165) is 16.6 Å². The minimum Gasteiger partial charge on any atom is -0.319 e. The van der Waals surface area contributed by atoms with Crippen LogP contribution in [0.25, 0.3) is 17.1 Å². The molecule has 0 radical (unpaired) electrons. The van der Waals surface area contributed by atoms with Gasteiger partial charge >= 0.3 is 0 Å². The van der Waals surface area contributed by atoms with Crippen LogP contribution in [0, 0.1) is 5.82 Å². The van der Waals surface area contributed by atoms with E-state index in [0.29, 0.717) is 17.1 Å². The van der Waals surface area contributed by atoms with Gasteiger partial charge in [0, 0.05) is 15.7 Å². The Morgan fingerprint density at radius 1 is 1.00 bits per heavy atom. The zero-order valence-electron chi connectivity index (χ0n) is 16.1. The van der Waals surface area contributed by atoms with E-state index in [1.807, 2.05) is 48.5 Å². The number of rotatable bonds is 5. The summed E-state index contributed by atoms with van der Waals surface area (Å²) in [6.07, 6.45) is 0.925. The molecule has 0 atom stereocenters. The van der Waals surface area contributed by atoms with Crippen LogP contribution in [0.3, 0.4) is 0 Å². The molecule has 1 aromatic heterocycles. The van der Waals surface area contributed by atoms with Crippen molar-refractivity contribution in [2.75, 3.05) is 5.32 Å². The maximum Gasteiger partial charge on any atom is 0.295 e. The minimum atomic E-state index is -0.418. The van der Waals surface area contributed by atoms with E-state index in [1.165, 1.54) is 17.7 Å². The highest BCUT2D eigenvalue weighted by Gasteiger charge is 2.19. The number of aryl methyl sites for hydroxylation is 1. The number of amides is 1. The molecular weight excluding hydrogens is 447 g/mol. The number of anilines is 1. The van der Waals surface area contributed by atoms with Gasteiger partial charge in [-0.3, -0.25) is 4.79 Å². The summed E-state index contributed by atoms with van der Waals surface area (Å²) in [5.74, 6) is -0.291. The third-order valence-electron chi connectivity index (χ3n) is 4.60. The molecule has 0 bridgehead atoms. The van der Waals surface area contributed by atoms with Crippen molar-refractivity contribution in [1.29, 1.82) is 0 Å². The molecule has 7 heteroatoms. The molecule has 0 spiro atoms. The number of carbonyl (C=O) groups is 1. The molecule has 0 fully saturated rings. The van der Waals surface area contributed by atoms with E-state index in [1.54, 1.807) is 16.8 Å². The molecule has 0 aliphatic carbocycles. The molecular formula is C23H18BrFN4O. The quantitative estimate of drug-likeness (QED) is 0.415. The molecule has 3 aromatic carbocycles. The highest BCUT2D eigenvalue weighted by molar-refractivity contribution is 9.10. The fraction of sp³-hybridized carbons (Fsp3) is 0.0870. The van der Waals surface area contributed by atoms with E-state index in [2.05, 4.69) is 38.3 Å². The van der Waals surface area contributed by atoms with Crippen molar-refractivity contribution < 1.29 is 9.18 Å². The molecule has 5 nitrogen and oxygen atoms in total. The normalized spacial score (nSPS) is 10.8. The molecule has 0 saturated heterocycles. The average Bonchev–Trinajstić information content (AvgIpc) is 3.21. The zero-order chi connectivity index (χ0) is 21.1. The molecule has 4 rings (SSSR count). The van der Waals surface area contributed by atoms with E-state index >= 15 is 0 Å². The van der Waals surface area contributed by atoms with Gasteiger partial charge in [-0.15, -0.1) is 5.10 Å². The number of carbonyl (C=O) groups excluding carboxylic acids is 1. The van der Waals surface area contributed by atoms with Gasteiger partial charge in [-0.25, -0.2) is 14.1 Å². The van der Waals surface area contributed by atoms with Gasteiger partial charge in [0.1, 0.15) is 5.82 Å². The SMILES string of the molecule is CCc1ccc(NC(=O)c2nc(-c3ccc(F)cc3)n(-c3ccc(Br)cc3)n2)cc1. The van der Waals surface area contributed by atoms with Gasteiger partial charge in [0.25, 0.3) is 5.91 Å². The van der Waals surface area contributed by atoms with Crippen LogP contribution >= 0.6 is 15.9 Å². The first-order valence-corrected chi connectivity index (χ1v) is 10.2. The molecule has 150 valence electrons. The van der Waals surface area contributed by atoms with E-state index in [4.69, 9.17) is 0 Å². The Labute approximate surface area is 181 Å². The summed E-state index contributed by atoms with van der Waals surface area (Å²) < 4.78 is 15.9. The first-order chi connectivity index (χ1) is 14.5. The van der Waals surface area contributed by atoms with Crippen molar-refractivity contribution in [3.63, 3.8) is 0 Å². The largest absolute Gasteiger partial charge is 0.319 e. The summed E-state index contributed by atoms with van der Waals surface area (Å²) in [5.41, 5.74) is 3.24. The van der Waals surface area contributed by atoms with E-state index < -0.39 is 5.91 Å². The summed E-state index contributed by atoms with van der Waals surface area (Å²) in [6.45, 7) is 2.07. The number of hydrogen-bond donors (Lipinski definition) is 1. The Hall–Kier alpha value is -3.32. The van der Waals surface area contributed by atoms with Crippen LogP contribution in [0.15, 0.2) is 77.3 Å². The van der Waals surface area contributed by atoms with Crippen molar-refractivity contribution in [2.45, 2.75) is 13.3 Å². The van der Waals surface area contributed by atoms with Crippen LogP contribution in [-0.2, 0) is 6.42 Å². The zero-order valence-corrected chi connectivity index (χ0v) is 17.7. The summed E-state index contributed by atoms with van der Waals surface area (Å²) in [5, 5.41) is 7.25. The standard InChI is InChI=1S/C23H18BrFN4O/c1-2-15-3-11-19(12-4-15)26-23(30)21-27-22(16-5-9-18(25)10-6-16)29(28-21)20-13-7-17(24)8-14-20/h3-14H,2H2,1H3,(H,26,30). The molecule has 0 unspecified atom stereocenters. The van der Waals surface area contributed by atoms with Gasteiger partial charge in [0.2, 0.25) is 5.82 Å². The Bertz CT molecular complexity index is 1110. The highest BCUT2D eigenvalue weighted by Crippen LogP contribution is 2.23. The molecule has 30 heavy (non-hydrogen) atoms. The molecule has 4 aromatic rings. The van der Waals surface area contributed by atoms with E-state index in [-0.39, 0.29) is 11.6 Å². The van der Waals surface area contributed by atoms with Crippen molar-refractivity contribution in [1.82, 2.24) is 14.8 Å². The first kappa shape index (κ1) is 20.0. The molecule has 1 N–H and O–H groups in total. The number of benzene rings is 3. The average molecular weight is 465 g/mol. The van der Waals surface area contributed by atoms with E-state index in [9.17, 15) is 9.18 Å². The number of halogens is 2. The van der Waals surface area contributed by atoms with Crippen LogP contribution < -0.4 is 5.32 Å². The van der Waals surface area contributed by atoms with Crippen LogP contribution in [0.2, 0.25) is 0 Å². The third-order valence-corrected chi connectivity index (χ3v) is 5.13. The lowest BCUT2D eigenvalue weighted by Crippen LogP contribution is -2.14. The summed E-state index contributed by atoms with van der Waals surface area (Å²) in [6, 6.07) is 21.0. The van der Waals surface area contributed by atoms with Gasteiger partial charge in [-0.2, -0.15) is 0 Å². The van der Waals surface area contributed by atoms with Crippen molar-refractivity contribution in [2.24, 2.45) is 0 Å². The second kappa shape index (κ2) is 8.59. The predicted molar refractivity (Wildman–Crippen MR) is 118 cm³/mol. The molecule has 1 amide bonds. The molecule has 1 heterocycles. The second-order valence-electron chi connectivity index (χ2n) is 6.66. The minimum absolute atomic E-state index is 0.0248. The highest BCUT2D eigenvalue weighted by atomic mass is 79.9. The number of nitrogens with zero attached hydrogens (tertiary/aromatic N) is 3. The molecule has 0 saturated carbocycles. The fourth-order valence-electron chi connectivity index (χ4n) is 2.97. The van der Waals surface area contributed by atoms with Gasteiger partial charge < -0.3 is 5.32 Å². The molecule has 0 aliphatic heterocycles. The topological polar surface area (TPSA) is 59.8 Å². The van der Waals surface area contributed by atoms with Gasteiger partial charge in [-0.05, 0) is 72.6 Å².